The van der Waals surface area contributed by atoms with Gasteiger partial charge >= 0.3 is 6.18 Å². The fraction of sp³-hybridized carbons (Fsp3) is 1.00. The molecule has 1 saturated carbocycles. The van der Waals surface area contributed by atoms with Crippen molar-refractivity contribution in [3.63, 3.8) is 0 Å². The maximum atomic E-state index is 12.8. The van der Waals surface area contributed by atoms with E-state index in [1.165, 1.54) is 0 Å². The maximum absolute atomic E-state index is 12.8. The van der Waals surface area contributed by atoms with Crippen LogP contribution in [0.5, 0.6) is 0 Å². The predicted octanol–water partition coefficient (Wildman–Crippen LogP) is 4.05. The van der Waals surface area contributed by atoms with Crippen LogP contribution in [-0.4, -0.2) is 31.0 Å². The van der Waals surface area contributed by atoms with Crippen molar-refractivity contribution in [1.82, 2.24) is 5.32 Å². The molecule has 2 fully saturated rings. The standard InChI is InChI=1S/C15H26F3NO/c1-2-8-19-13(11-15(16,17)18)12-5-9-20-14(10-12)6-3-4-7-14/h12-13,19H,2-11H2,1H3. The molecule has 1 spiro atoms. The highest BCUT2D eigenvalue weighted by Crippen LogP contribution is 2.43. The molecule has 2 aliphatic rings. The minimum absolute atomic E-state index is 0.0926. The van der Waals surface area contributed by atoms with Crippen molar-refractivity contribution in [2.45, 2.75) is 76.1 Å². The molecule has 2 nitrogen and oxygen atoms in total. The first-order valence-corrected chi connectivity index (χ1v) is 7.88. The lowest BCUT2D eigenvalue weighted by Crippen LogP contribution is -2.47. The first-order valence-electron chi connectivity index (χ1n) is 7.88. The highest BCUT2D eigenvalue weighted by atomic mass is 19.4. The van der Waals surface area contributed by atoms with Gasteiger partial charge in [0.15, 0.2) is 0 Å². The number of ether oxygens (including phenoxy) is 1. The van der Waals surface area contributed by atoms with Gasteiger partial charge in [0.1, 0.15) is 0 Å². The summed E-state index contributed by atoms with van der Waals surface area (Å²) in [5.74, 6) is 0.0926. The summed E-state index contributed by atoms with van der Waals surface area (Å²) in [5.41, 5.74) is -0.110. The van der Waals surface area contributed by atoms with Crippen LogP contribution in [0, 0.1) is 5.92 Å². The zero-order chi connectivity index (χ0) is 14.6. The molecule has 0 aromatic carbocycles. The molecule has 1 N–H and O–H groups in total. The minimum atomic E-state index is -4.09. The molecule has 0 radical (unpaired) electrons. The Bertz CT molecular complexity index is 300. The molecule has 1 aliphatic carbocycles. The van der Waals surface area contributed by atoms with Crippen LogP contribution < -0.4 is 5.32 Å². The van der Waals surface area contributed by atoms with Crippen molar-refractivity contribution in [2.75, 3.05) is 13.2 Å². The van der Waals surface area contributed by atoms with Crippen LogP contribution in [-0.2, 0) is 4.74 Å². The first kappa shape index (κ1) is 16.1. The van der Waals surface area contributed by atoms with Crippen molar-refractivity contribution in [2.24, 2.45) is 5.92 Å². The normalized spacial score (nSPS) is 27.9. The van der Waals surface area contributed by atoms with Crippen molar-refractivity contribution in [3.8, 4) is 0 Å². The summed E-state index contributed by atoms with van der Waals surface area (Å²) in [6.45, 7) is 3.26. The molecular formula is C15H26F3NO. The molecular weight excluding hydrogens is 267 g/mol. The number of hydrogen-bond donors (Lipinski definition) is 1. The van der Waals surface area contributed by atoms with E-state index in [2.05, 4.69) is 5.32 Å². The van der Waals surface area contributed by atoms with Crippen LogP contribution in [0.3, 0.4) is 0 Å². The number of rotatable bonds is 5. The van der Waals surface area contributed by atoms with Gasteiger partial charge in [-0.25, -0.2) is 0 Å². The Hall–Kier alpha value is -0.290. The zero-order valence-electron chi connectivity index (χ0n) is 12.3. The second-order valence-corrected chi connectivity index (χ2v) is 6.37. The van der Waals surface area contributed by atoms with Crippen molar-refractivity contribution in [1.29, 1.82) is 0 Å². The van der Waals surface area contributed by atoms with Crippen LogP contribution in [0.25, 0.3) is 0 Å². The van der Waals surface area contributed by atoms with E-state index in [-0.39, 0.29) is 11.5 Å². The molecule has 1 saturated heterocycles. The number of halogens is 3. The highest BCUT2D eigenvalue weighted by Gasteiger charge is 2.44. The van der Waals surface area contributed by atoms with Gasteiger partial charge in [0, 0.05) is 12.6 Å². The summed E-state index contributed by atoms with van der Waals surface area (Å²) in [6, 6.07) is -0.448. The van der Waals surface area contributed by atoms with Gasteiger partial charge in [0.05, 0.1) is 12.0 Å². The maximum Gasteiger partial charge on any atom is 0.390 e. The average Bonchev–Trinajstić information content (AvgIpc) is 2.81. The topological polar surface area (TPSA) is 21.3 Å². The lowest BCUT2D eigenvalue weighted by atomic mass is 9.79. The first-order chi connectivity index (χ1) is 9.44. The predicted molar refractivity (Wildman–Crippen MR) is 72.6 cm³/mol. The van der Waals surface area contributed by atoms with Crippen LogP contribution in [0.15, 0.2) is 0 Å². The van der Waals surface area contributed by atoms with Crippen molar-refractivity contribution >= 4 is 0 Å². The van der Waals surface area contributed by atoms with Crippen LogP contribution >= 0.6 is 0 Å². The quantitative estimate of drug-likeness (QED) is 0.826. The van der Waals surface area contributed by atoms with E-state index in [0.29, 0.717) is 13.2 Å². The lowest BCUT2D eigenvalue weighted by molar-refractivity contribution is -0.152. The summed E-state index contributed by atoms with van der Waals surface area (Å²) in [6.07, 6.45) is 1.96. The Labute approximate surface area is 119 Å². The SMILES string of the molecule is CCCNC(CC(F)(F)F)C1CCOC2(CCCC2)C1. The molecule has 0 aromatic rings. The molecule has 2 unspecified atom stereocenters. The number of hydrogen-bond acceptors (Lipinski definition) is 2. The molecule has 0 aromatic heterocycles. The third-order valence-electron chi connectivity index (χ3n) is 4.72. The zero-order valence-corrected chi connectivity index (χ0v) is 12.3. The molecule has 2 atom stereocenters. The number of nitrogens with one attached hydrogen (secondary N) is 1. The minimum Gasteiger partial charge on any atom is -0.375 e. The second kappa shape index (κ2) is 6.65. The van der Waals surface area contributed by atoms with Crippen LogP contribution in [0.2, 0.25) is 0 Å². The van der Waals surface area contributed by atoms with Crippen molar-refractivity contribution in [3.05, 3.63) is 0 Å². The Morgan fingerprint density at radius 2 is 2.00 bits per heavy atom. The monoisotopic (exact) mass is 293 g/mol. The van der Waals surface area contributed by atoms with Gasteiger partial charge in [0.25, 0.3) is 0 Å². The van der Waals surface area contributed by atoms with Crippen LogP contribution in [0.1, 0.15) is 58.3 Å². The molecule has 2 rings (SSSR count). The van der Waals surface area contributed by atoms with Gasteiger partial charge < -0.3 is 10.1 Å². The molecule has 1 aliphatic heterocycles. The summed E-state index contributed by atoms with van der Waals surface area (Å²) >= 11 is 0. The summed E-state index contributed by atoms with van der Waals surface area (Å²) in [4.78, 5) is 0. The van der Waals surface area contributed by atoms with Gasteiger partial charge in [-0.3, -0.25) is 0 Å². The molecule has 5 heteroatoms. The molecule has 0 amide bonds. The van der Waals surface area contributed by atoms with E-state index >= 15 is 0 Å². The van der Waals surface area contributed by atoms with E-state index in [1.807, 2.05) is 6.92 Å². The molecule has 1 heterocycles. The van der Waals surface area contributed by atoms with Gasteiger partial charge in [-0.2, -0.15) is 13.2 Å². The second-order valence-electron chi connectivity index (χ2n) is 6.37. The molecule has 0 bridgehead atoms. The Balaban J connectivity index is 1.99. The Kier molecular flexibility index (Phi) is 5.35. The smallest absolute Gasteiger partial charge is 0.375 e. The third-order valence-corrected chi connectivity index (χ3v) is 4.72. The Morgan fingerprint density at radius 3 is 2.60 bits per heavy atom. The van der Waals surface area contributed by atoms with Gasteiger partial charge in [-0.1, -0.05) is 19.8 Å². The highest BCUT2D eigenvalue weighted by molar-refractivity contribution is 4.94. The summed E-state index contributed by atoms with van der Waals surface area (Å²) < 4.78 is 44.3. The van der Waals surface area contributed by atoms with Crippen molar-refractivity contribution < 1.29 is 17.9 Å². The van der Waals surface area contributed by atoms with E-state index in [9.17, 15) is 13.2 Å². The van der Waals surface area contributed by atoms with Crippen LogP contribution in [0.4, 0.5) is 13.2 Å². The lowest BCUT2D eigenvalue weighted by Gasteiger charge is -2.41. The fourth-order valence-corrected chi connectivity index (χ4v) is 3.76. The third kappa shape index (κ3) is 4.35. The molecule has 20 heavy (non-hydrogen) atoms. The van der Waals surface area contributed by atoms with E-state index in [0.717, 1.165) is 44.9 Å². The number of alkyl halides is 3. The van der Waals surface area contributed by atoms with E-state index in [4.69, 9.17) is 4.74 Å². The Morgan fingerprint density at radius 1 is 1.30 bits per heavy atom. The summed E-state index contributed by atoms with van der Waals surface area (Å²) in [5, 5.41) is 3.13. The average molecular weight is 293 g/mol. The fourth-order valence-electron chi connectivity index (χ4n) is 3.76. The largest absolute Gasteiger partial charge is 0.390 e. The van der Waals surface area contributed by atoms with Gasteiger partial charge in [0.2, 0.25) is 0 Å². The van der Waals surface area contributed by atoms with Gasteiger partial charge in [-0.05, 0) is 44.6 Å². The molecule has 118 valence electrons. The van der Waals surface area contributed by atoms with Gasteiger partial charge in [-0.15, -0.1) is 0 Å². The van der Waals surface area contributed by atoms with E-state index < -0.39 is 18.6 Å². The van der Waals surface area contributed by atoms with E-state index in [1.54, 1.807) is 0 Å². The summed E-state index contributed by atoms with van der Waals surface area (Å²) in [7, 11) is 0.